The van der Waals surface area contributed by atoms with E-state index in [4.69, 9.17) is 0 Å². The molecule has 0 spiro atoms. The van der Waals surface area contributed by atoms with Gasteiger partial charge in [-0.15, -0.1) is 5.10 Å². The third-order valence-corrected chi connectivity index (χ3v) is 6.32. The molecule has 0 aliphatic carbocycles. The Hall–Kier alpha value is -3.71. The lowest BCUT2D eigenvalue weighted by molar-refractivity contribution is -0.115. The van der Waals surface area contributed by atoms with Gasteiger partial charge in [-0.05, 0) is 36.6 Å². The van der Waals surface area contributed by atoms with Crippen molar-refractivity contribution < 1.29 is 9.59 Å². The zero-order valence-corrected chi connectivity index (χ0v) is 19.2. The number of thioether (sulfide) groups is 1. The Morgan fingerprint density at radius 2 is 1.76 bits per heavy atom. The van der Waals surface area contributed by atoms with Crippen molar-refractivity contribution in [2.45, 2.75) is 30.7 Å². The van der Waals surface area contributed by atoms with Crippen molar-refractivity contribution in [1.82, 2.24) is 15.2 Å². The average Bonchev–Trinajstić information content (AvgIpc) is 3.32. The lowest BCUT2D eigenvalue weighted by atomic mass is 10.1. The van der Waals surface area contributed by atoms with Crippen molar-refractivity contribution in [2.75, 3.05) is 5.32 Å². The number of nitrogens with one attached hydrogen (secondary N) is 2. The van der Waals surface area contributed by atoms with Gasteiger partial charge in [0.1, 0.15) is 5.25 Å². The van der Waals surface area contributed by atoms with Crippen LogP contribution in [0.15, 0.2) is 84.0 Å². The molecule has 1 unspecified atom stereocenters. The van der Waals surface area contributed by atoms with Crippen LogP contribution in [0.2, 0.25) is 0 Å². The Labute approximate surface area is 196 Å². The summed E-state index contributed by atoms with van der Waals surface area (Å²) in [6.45, 7) is 3.61. The first-order valence-corrected chi connectivity index (χ1v) is 11.6. The highest BCUT2D eigenvalue weighted by atomic mass is 32.2. The predicted molar refractivity (Wildman–Crippen MR) is 131 cm³/mol. The van der Waals surface area contributed by atoms with Crippen molar-refractivity contribution >= 4 is 29.1 Å². The van der Waals surface area contributed by atoms with E-state index < -0.39 is 5.25 Å². The summed E-state index contributed by atoms with van der Waals surface area (Å²) in [5, 5.41) is 10.1. The van der Waals surface area contributed by atoms with Gasteiger partial charge in [0.15, 0.2) is 11.6 Å². The summed E-state index contributed by atoms with van der Waals surface area (Å²) in [7, 11) is 0. The first-order valence-electron chi connectivity index (χ1n) is 10.7. The molecule has 0 bridgehead atoms. The molecule has 1 atom stereocenters. The minimum atomic E-state index is -0.571. The average molecular weight is 457 g/mol. The van der Waals surface area contributed by atoms with Crippen molar-refractivity contribution in [1.29, 1.82) is 0 Å². The van der Waals surface area contributed by atoms with Crippen LogP contribution >= 0.6 is 11.8 Å². The van der Waals surface area contributed by atoms with E-state index in [1.807, 2.05) is 42.5 Å². The number of anilines is 1. The van der Waals surface area contributed by atoms with E-state index in [9.17, 15) is 9.59 Å². The summed E-state index contributed by atoms with van der Waals surface area (Å²) in [5.74, 6) is 0.382. The molecular weight excluding hydrogens is 432 g/mol. The first kappa shape index (κ1) is 22.5. The molecule has 6 nitrogen and oxygen atoms in total. The van der Waals surface area contributed by atoms with Crippen molar-refractivity contribution in [3.63, 3.8) is 0 Å². The van der Waals surface area contributed by atoms with Crippen LogP contribution in [-0.4, -0.2) is 26.9 Å². The smallest absolute Gasteiger partial charge is 0.242 e. The van der Waals surface area contributed by atoms with Crippen LogP contribution in [0.3, 0.4) is 0 Å². The van der Waals surface area contributed by atoms with E-state index in [-0.39, 0.29) is 11.7 Å². The second-order valence-corrected chi connectivity index (χ2v) is 8.62. The van der Waals surface area contributed by atoms with Crippen LogP contribution in [0.25, 0.3) is 11.4 Å². The van der Waals surface area contributed by atoms with Crippen molar-refractivity contribution in [2.24, 2.45) is 0 Å². The number of carbonyl (C=O) groups excluding carboxylic acids is 2. The van der Waals surface area contributed by atoms with Crippen LogP contribution in [0.4, 0.5) is 5.69 Å². The summed E-state index contributed by atoms with van der Waals surface area (Å²) in [6.07, 6.45) is 0.973. The maximum atomic E-state index is 13.3. The van der Waals surface area contributed by atoms with Crippen LogP contribution in [0.5, 0.6) is 0 Å². The summed E-state index contributed by atoms with van der Waals surface area (Å²) < 4.78 is 0. The number of carbonyl (C=O) groups is 2. The van der Waals surface area contributed by atoms with Gasteiger partial charge in [0.25, 0.3) is 0 Å². The highest BCUT2D eigenvalue weighted by molar-refractivity contribution is 8.00. The van der Waals surface area contributed by atoms with Gasteiger partial charge in [-0.1, -0.05) is 85.4 Å². The molecule has 0 fully saturated rings. The number of ketones is 1. The molecule has 7 heteroatoms. The van der Waals surface area contributed by atoms with Gasteiger partial charge in [0.05, 0.1) is 0 Å². The van der Waals surface area contributed by atoms with Gasteiger partial charge in [0, 0.05) is 16.8 Å². The van der Waals surface area contributed by atoms with E-state index in [2.05, 4.69) is 39.6 Å². The second kappa shape index (κ2) is 10.3. The standard InChI is InChI=1S/C26H24N4O2S/c1-3-18-12-14-20(15-13-18)24-28-26(30-29-24)33-23(19-8-5-4-6-9-19)25(32)27-22-11-7-10-21(16-22)17(2)31/h4-16,23H,3H2,1-2H3,(H,27,32)(H,28,29,30). The van der Waals surface area contributed by atoms with E-state index in [1.54, 1.807) is 24.3 Å². The molecule has 4 aromatic rings. The molecule has 1 heterocycles. The Kier molecular flexibility index (Phi) is 7.00. The van der Waals surface area contributed by atoms with Crippen molar-refractivity contribution in [3.8, 4) is 11.4 Å². The molecule has 0 saturated heterocycles. The number of hydrogen-bond donors (Lipinski definition) is 2. The van der Waals surface area contributed by atoms with Crippen LogP contribution < -0.4 is 5.32 Å². The molecule has 3 aromatic carbocycles. The highest BCUT2D eigenvalue weighted by Crippen LogP contribution is 2.35. The number of benzene rings is 3. The van der Waals surface area contributed by atoms with Gasteiger partial charge in [-0.25, -0.2) is 4.98 Å². The van der Waals surface area contributed by atoms with Gasteiger partial charge < -0.3 is 5.32 Å². The predicted octanol–water partition coefficient (Wildman–Crippen LogP) is 5.71. The topological polar surface area (TPSA) is 87.7 Å². The molecule has 4 rings (SSSR count). The molecule has 166 valence electrons. The number of rotatable bonds is 8. The first-order chi connectivity index (χ1) is 16.0. The number of Topliss-reactive ketones (excluding diaryl/α,β-unsaturated/α-hetero) is 1. The molecular formula is C26H24N4O2S. The third kappa shape index (κ3) is 5.56. The normalized spacial score (nSPS) is 11.7. The molecule has 0 radical (unpaired) electrons. The third-order valence-electron chi connectivity index (χ3n) is 5.20. The number of hydrogen-bond acceptors (Lipinski definition) is 5. The minimum Gasteiger partial charge on any atom is -0.325 e. The molecule has 33 heavy (non-hydrogen) atoms. The zero-order valence-electron chi connectivity index (χ0n) is 18.4. The van der Waals surface area contributed by atoms with E-state index >= 15 is 0 Å². The Bertz CT molecular complexity index is 1250. The van der Waals surface area contributed by atoms with E-state index in [1.165, 1.54) is 24.2 Å². The molecule has 0 aliphatic heterocycles. The summed E-state index contributed by atoms with van der Waals surface area (Å²) in [6, 6.07) is 24.6. The van der Waals surface area contributed by atoms with E-state index in [0.717, 1.165) is 17.5 Å². The fraction of sp³-hybridized carbons (Fsp3) is 0.154. The minimum absolute atomic E-state index is 0.0553. The summed E-state index contributed by atoms with van der Waals surface area (Å²) >= 11 is 1.27. The van der Waals surface area contributed by atoms with Crippen LogP contribution in [0, 0.1) is 0 Å². The second-order valence-electron chi connectivity index (χ2n) is 7.55. The summed E-state index contributed by atoms with van der Waals surface area (Å²) in [5.41, 5.74) is 4.14. The lowest BCUT2D eigenvalue weighted by Crippen LogP contribution is -2.19. The maximum Gasteiger partial charge on any atom is 0.242 e. The monoisotopic (exact) mass is 456 g/mol. The quantitative estimate of drug-likeness (QED) is 0.262. The van der Waals surface area contributed by atoms with Crippen LogP contribution in [0.1, 0.15) is 40.6 Å². The largest absolute Gasteiger partial charge is 0.325 e. The number of H-pyrrole nitrogens is 1. The maximum absolute atomic E-state index is 13.3. The van der Waals surface area contributed by atoms with Crippen LogP contribution in [-0.2, 0) is 11.2 Å². The number of amides is 1. The van der Waals surface area contributed by atoms with Crippen molar-refractivity contribution in [3.05, 3.63) is 95.6 Å². The number of nitrogens with zero attached hydrogens (tertiary/aromatic N) is 2. The Morgan fingerprint density at radius 1 is 1.00 bits per heavy atom. The molecule has 2 N–H and O–H groups in total. The Morgan fingerprint density at radius 3 is 2.45 bits per heavy atom. The fourth-order valence-electron chi connectivity index (χ4n) is 3.36. The molecule has 1 aromatic heterocycles. The number of aromatic amines is 1. The van der Waals surface area contributed by atoms with Gasteiger partial charge in [-0.3, -0.25) is 14.7 Å². The number of aryl methyl sites for hydroxylation is 1. The number of aromatic nitrogens is 3. The molecule has 0 aliphatic rings. The SMILES string of the molecule is CCc1ccc(-c2nc(SC(C(=O)Nc3cccc(C(C)=O)c3)c3ccccc3)n[nH]2)cc1. The molecule has 0 saturated carbocycles. The fourth-order valence-corrected chi connectivity index (χ4v) is 4.27. The van der Waals surface area contributed by atoms with Gasteiger partial charge >= 0.3 is 0 Å². The molecule has 1 amide bonds. The highest BCUT2D eigenvalue weighted by Gasteiger charge is 2.24. The van der Waals surface area contributed by atoms with Gasteiger partial charge in [0.2, 0.25) is 11.1 Å². The lowest BCUT2D eigenvalue weighted by Gasteiger charge is -2.15. The Balaban J connectivity index is 1.57. The zero-order chi connectivity index (χ0) is 23.2. The van der Waals surface area contributed by atoms with Gasteiger partial charge in [-0.2, -0.15) is 0 Å². The summed E-state index contributed by atoms with van der Waals surface area (Å²) in [4.78, 5) is 29.6. The van der Waals surface area contributed by atoms with E-state index in [0.29, 0.717) is 22.2 Å².